The lowest BCUT2D eigenvalue weighted by Gasteiger charge is -2.11. The van der Waals surface area contributed by atoms with Gasteiger partial charge in [-0.25, -0.2) is 0 Å². The summed E-state index contributed by atoms with van der Waals surface area (Å²) in [5.74, 6) is -0.160. The number of non-ortho nitro benzene ring substituents is 1. The van der Waals surface area contributed by atoms with E-state index in [-0.39, 0.29) is 17.9 Å². The van der Waals surface area contributed by atoms with E-state index in [4.69, 9.17) is 9.57 Å². The molecule has 3 rings (SSSR count). The van der Waals surface area contributed by atoms with Crippen molar-refractivity contribution < 1.29 is 19.3 Å². The molecule has 1 heterocycles. The Morgan fingerprint density at radius 1 is 1.14 bits per heavy atom. The summed E-state index contributed by atoms with van der Waals surface area (Å²) in [5.41, 5.74) is 0.0634. The third-order valence-electron chi connectivity index (χ3n) is 4.01. The first-order valence-electron chi connectivity index (χ1n) is 8.52. The third-order valence-corrected chi connectivity index (χ3v) is 4.01. The predicted molar refractivity (Wildman–Crippen MR) is 105 cm³/mol. The number of nitro benzene ring substituents is 1. The van der Waals surface area contributed by atoms with Crippen molar-refractivity contribution in [2.45, 2.75) is 6.61 Å². The van der Waals surface area contributed by atoms with Crippen LogP contribution < -0.4 is 20.5 Å². The summed E-state index contributed by atoms with van der Waals surface area (Å²) >= 11 is 0. The van der Waals surface area contributed by atoms with E-state index in [9.17, 15) is 19.7 Å². The van der Waals surface area contributed by atoms with Crippen molar-refractivity contribution in [1.29, 1.82) is 0 Å². The highest BCUT2D eigenvalue weighted by Gasteiger charge is 2.15. The van der Waals surface area contributed by atoms with E-state index in [1.54, 1.807) is 30.3 Å². The molecule has 0 radical (unpaired) electrons. The largest absolute Gasteiger partial charge is 0.495 e. The molecule has 3 aromatic rings. The number of hydrogen-bond donors (Lipinski definition) is 1. The van der Waals surface area contributed by atoms with Crippen molar-refractivity contribution in [2.24, 2.45) is 0 Å². The Kier molecular flexibility index (Phi) is 5.88. The van der Waals surface area contributed by atoms with Gasteiger partial charge >= 0.3 is 0 Å². The van der Waals surface area contributed by atoms with Gasteiger partial charge in [0, 0.05) is 18.3 Å². The van der Waals surface area contributed by atoms with E-state index in [1.807, 2.05) is 0 Å². The second-order valence-corrected chi connectivity index (χ2v) is 5.91. The van der Waals surface area contributed by atoms with E-state index in [0.29, 0.717) is 17.0 Å². The van der Waals surface area contributed by atoms with Crippen molar-refractivity contribution in [3.05, 3.63) is 98.5 Å². The highest BCUT2D eigenvalue weighted by Crippen LogP contribution is 2.23. The van der Waals surface area contributed by atoms with Crippen LogP contribution in [0.5, 0.6) is 5.75 Å². The van der Waals surface area contributed by atoms with Gasteiger partial charge in [-0.2, -0.15) is 4.73 Å². The maximum atomic E-state index is 12.6. The van der Waals surface area contributed by atoms with Crippen LogP contribution in [0.25, 0.3) is 0 Å². The van der Waals surface area contributed by atoms with Crippen LogP contribution in [0.15, 0.2) is 71.7 Å². The summed E-state index contributed by atoms with van der Waals surface area (Å²) in [6.07, 6.45) is 1.36. The number of ether oxygens (including phenoxy) is 1. The summed E-state index contributed by atoms with van der Waals surface area (Å²) in [7, 11) is 1.47. The highest BCUT2D eigenvalue weighted by atomic mass is 16.7. The normalized spacial score (nSPS) is 10.2. The number of rotatable bonds is 7. The smallest absolute Gasteiger partial charge is 0.295 e. The molecule has 2 aromatic carbocycles. The third kappa shape index (κ3) is 4.59. The number of anilines is 1. The first kappa shape index (κ1) is 19.6. The molecule has 148 valence electrons. The number of nitrogens with one attached hydrogen (secondary N) is 1. The molecule has 0 saturated heterocycles. The lowest BCUT2D eigenvalue weighted by atomic mass is 10.2. The summed E-state index contributed by atoms with van der Waals surface area (Å²) in [6, 6.07) is 15.6. The Bertz CT molecular complexity index is 1110. The topological polar surface area (TPSA) is 113 Å². The fraction of sp³-hybridized carbons (Fsp3) is 0.100. The number of carbonyl (C=O) groups is 1. The fourth-order valence-corrected chi connectivity index (χ4v) is 2.59. The molecule has 0 spiro atoms. The minimum atomic E-state index is -0.662. The number of amides is 1. The number of pyridine rings is 1. The Hall–Kier alpha value is -4.14. The van der Waals surface area contributed by atoms with E-state index in [2.05, 4.69) is 5.32 Å². The minimum absolute atomic E-state index is 0.0802. The number of nitrogens with zero attached hydrogens (tertiary/aromatic N) is 2. The molecule has 0 fully saturated rings. The minimum Gasteiger partial charge on any atom is -0.495 e. The SMILES string of the molecule is COc1ccccc1NC(=O)c1cccn(OCc2cccc([N+](=O)[O-])c2)c1=O. The summed E-state index contributed by atoms with van der Waals surface area (Å²) in [4.78, 5) is 40.9. The molecule has 9 nitrogen and oxygen atoms in total. The molecule has 29 heavy (non-hydrogen) atoms. The molecule has 0 aliphatic carbocycles. The van der Waals surface area contributed by atoms with Gasteiger partial charge in [0.2, 0.25) is 0 Å². The molecule has 0 saturated carbocycles. The van der Waals surface area contributed by atoms with E-state index in [1.165, 1.54) is 43.6 Å². The second-order valence-electron chi connectivity index (χ2n) is 5.91. The van der Waals surface area contributed by atoms with Crippen LogP contribution >= 0.6 is 0 Å². The van der Waals surface area contributed by atoms with E-state index >= 15 is 0 Å². The Labute approximate surface area is 165 Å². The highest BCUT2D eigenvalue weighted by molar-refractivity contribution is 6.04. The number of carbonyl (C=O) groups excluding carboxylic acids is 1. The monoisotopic (exact) mass is 395 g/mol. The zero-order valence-corrected chi connectivity index (χ0v) is 15.4. The lowest BCUT2D eigenvalue weighted by Crippen LogP contribution is -2.32. The molecule has 0 atom stereocenters. The molecule has 0 aliphatic rings. The molecule has 0 aliphatic heterocycles. The van der Waals surface area contributed by atoms with Gasteiger partial charge in [0.25, 0.3) is 17.2 Å². The van der Waals surface area contributed by atoms with Gasteiger partial charge in [-0.1, -0.05) is 24.3 Å². The van der Waals surface area contributed by atoms with Gasteiger partial charge in [0.05, 0.1) is 17.7 Å². The van der Waals surface area contributed by atoms with Crippen molar-refractivity contribution in [2.75, 3.05) is 12.4 Å². The summed E-state index contributed by atoms with van der Waals surface area (Å²) in [5, 5.41) is 13.5. The van der Waals surface area contributed by atoms with Crippen LogP contribution in [0.1, 0.15) is 15.9 Å². The molecule has 1 aromatic heterocycles. The number of hydrogen-bond acceptors (Lipinski definition) is 6. The Morgan fingerprint density at radius 3 is 2.69 bits per heavy atom. The van der Waals surface area contributed by atoms with Gasteiger partial charge in [0.15, 0.2) is 0 Å². The van der Waals surface area contributed by atoms with Crippen molar-refractivity contribution in [3.63, 3.8) is 0 Å². The van der Waals surface area contributed by atoms with Crippen LogP contribution in [0.2, 0.25) is 0 Å². The number of aromatic nitrogens is 1. The zero-order valence-electron chi connectivity index (χ0n) is 15.4. The summed E-state index contributed by atoms with van der Waals surface area (Å²) in [6.45, 7) is -0.0842. The van der Waals surface area contributed by atoms with Crippen LogP contribution in [0.3, 0.4) is 0 Å². The standard InChI is InChI=1S/C20H17N3O6/c1-28-18-10-3-2-9-17(18)21-19(24)16-8-5-11-22(20(16)25)29-13-14-6-4-7-15(12-14)23(26)27/h2-12H,13H2,1H3,(H,21,24). The van der Waals surface area contributed by atoms with Gasteiger partial charge in [-0.3, -0.25) is 19.7 Å². The van der Waals surface area contributed by atoms with Crippen molar-refractivity contribution in [3.8, 4) is 5.75 Å². The Morgan fingerprint density at radius 2 is 1.93 bits per heavy atom. The zero-order chi connectivity index (χ0) is 20.8. The Balaban J connectivity index is 1.77. The van der Waals surface area contributed by atoms with Crippen LogP contribution in [0.4, 0.5) is 11.4 Å². The predicted octanol–water partition coefficient (Wildman–Crippen LogP) is 2.65. The number of nitro groups is 1. The number of benzene rings is 2. The molecule has 0 unspecified atom stereocenters. The number of para-hydroxylation sites is 2. The van der Waals surface area contributed by atoms with Gasteiger partial charge < -0.3 is 14.9 Å². The van der Waals surface area contributed by atoms with Crippen molar-refractivity contribution in [1.82, 2.24) is 4.73 Å². The quantitative estimate of drug-likeness (QED) is 0.486. The molecule has 9 heteroatoms. The first-order chi connectivity index (χ1) is 14.0. The number of methoxy groups -OCH3 is 1. The van der Waals surface area contributed by atoms with Gasteiger partial charge in [-0.15, -0.1) is 0 Å². The van der Waals surface area contributed by atoms with Crippen LogP contribution in [-0.4, -0.2) is 22.7 Å². The molecular weight excluding hydrogens is 378 g/mol. The average Bonchev–Trinajstić information content (AvgIpc) is 2.73. The fourth-order valence-electron chi connectivity index (χ4n) is 2.59. The van der Waals surface area contributed by atoms with Crippen LogP contribution in [-0.2, 0) is 6.61 Å². The molecular formula is C20H17N3O6. The average molecular weight is 395 g/mol. The molecule has 1 amide bonds. The maximum Gasteiger partial charge on any atom is 0.295 e. The lowest BCUT2D eigenvalue weighted by molar-refractivity contribution is -0.384. The molecule has 0 bridgehead atoms. The first-order valence-corrected chi connectivity index (χ1v) is 8.52. The van der Waals surface area contributed by atoms with Gasteiger partial charge in [-0.05, 0) is 29.8 Å². The summed E-state index contributed by atoms with van der Waals surface area (Å²) < 4.78 is 6.09. The second kappa shape index (κ2) is 8.70. The van der Waals surface area contributed by atoms with E-state index < -0.39 is 16.4 Å². The van der Waals surface area contributed by atoms with Crippen molar-refractivity contribution >= 4 is 17.3 Å². The van der Waals surface area contributed by atoms with E-state index in [0.717, 1.165) is 4.73 Å². The molecule has 1 N–H and O–H groups in total. The van der Waals surface area contributed by atoms with Gasteiger partial charge in [0.1, 0.15) is 17.9 Å². The van der Waals surface area contributed by atoms with Crippen LogP contribution in [0, 0.1) is 10.1 Å². The maximum absolute atomic E-state index is 12.6.